The highest BCUT2D eigenvalue weighted by atomic mass is 16.5. The van der Waals surface area contributed by atoms with Crippen LogP contribution in [0.15, 0.2) is 29.8 Å². The Morgan fingerprint density at radius 3 is 3.05 bits per heavy atom. The molecule has 2 heteroatoms. The van der Waals surface area contributed by atoms with Gasteiger partial charge in [-0.15, -0.1) is 0 Å². The van der Waals surface area contributed by atoms with Crippen LogP contribution in [-0.2, 0) is 17.6 Å². The summed E-state index contributed by atoms with van der Waals surface area (Å²) in [6, 6.07) is 6.35. The fourth-order valence-corrected chi connectivity index (χ4v) is 3.08. The van der Waals surface area contributed by atoms with Crippen molar-refractivity contribution in [2.45, 2.75) is 51.4 Å². The van der Waals surface area contributed by atoms with E-state index in [1.54, 1.807) is 0 Å². The van der Waals surface area contributed by atoms with Gasteiger partial charge in [-0.05, 0) is 54.9 Å². The molecule has 0 fully saturated rings. The molecular formula is C18H22O2. The number of carbonyl (C=O) groups is 1. The summed E-state index contributed by atoms with van der Waals surface area (Å²) >= 11 is 0. The highest BCUT2D eigenvalue weighted by Gasteiger charge is 2.14. The molecular weight excluding hydrogens is 248 g/mol. The smallest absolute Gasteiger partial charge is 0.158 e. The second kappa shape index (κ2) is 6.25. The van der Waals surface area contributed by atoms with E-state index in [2.05, 4.69) is 18.2 Å². The molecule has 0 bridgehead atoms. The molecule has 1 aliphatic carbocycles. The van der Waals surface area contributed by atoms with Gasteiger partial charge in [0.2, 0.25) is 0 Å². The van der Waals surface area contributed by atoms with Crippen LogP contribution in [0.3, 0.4) is 0 Å². The summed E-state index contributed by atoms with van der Waals surface area (Å²) in [6.45, 7) is 0.796. The van der Waals surface area contributed by atoms with Crippen molar-refractivity contribution in [3.05, 3.63) is 41.0 Å². The third-order valence-electron chi connectivity index (χ3n) is 4.29. The molecule has 1 aliphatic heterocycles. The number of ether oxygens (including phenoxy) is 1. The van der Waals surface area contributed by atoms with Crippen LogP contribution in [0.2, 0.25) is 0 Å². The Morgan fingerprint density at radius 2 is 2.10 bits per heavy atom. The van der Waals surface area contributed by atoms with Crippen molar-refractivity contribution in [3.63, 3.8) is 0 Å². The zero-order valence-corrected chi connectivity index (χ0v) is 12.0. The maximum absolute atomic E-state index is 12.3. The minimum Gasteiger partial charge on any atom is -0.493 e. The maximum atomic E-state index is 12.3. The largest absolute Gasteiger partial charge is 0.493 e. The van der Waals surface area contributed by atoms with Gasteiger partial charge in [0, 0.05) is 12.8 Å². The molecule has 0 spiro atoms. The van der Waals surface area contributed by atoms with Gasteiger partial charge in [-0.25, -0.2) is 0 Å². The van der Waals surface area contributed by atoms with Gasteiger partial charge >= 0.3 is 0 Å². The Balaban J connectivity index is 1.58. The zero-order chi connectivity index (χ0) is 13.8. The number of allylic oxidation sites excluding steroid dienone is 2. The second-order valence-corrected chi connectivity index (χ2v) is 5.79. The summed E-state index contributed by atoms with van der Waals surface area (Å²) < 4.78 is 5.51. The molecule has 3 rings (SSSR count). The Morgan fingerprint density at radius 1 is 1.15 bits per heavy atom. The predicted octanol–water partition coefficient (Wildman–Crippen LogP) is 4.01. The first-order valence-corrected chi connectivity index (χ1v) is 7.80. The summed E-state index contributed by atoms with van der Waals surface area (Å²) in [7, 11) is 0. The number of hydrogen-bond acceptors (Lipinski definition) is 2. The van der Waals surface area contributed by atoms with Crippen LogP contribution in [0, 0.1) is 0 Å². The van der Waals surface area contributed by atoms with Crippen LogP contribution in [0.5, 0.6) is 5.75 Å². The van der Waals surface area contributed by atoms with Crippen LogP contribution in [0.1, 0.15) is 49.7 Å². The molecule has 0 saturated carbocycles. The van der Waals surface area contributed by atoms with Gasteiger partial charge in [-0.3, -0.25) is 4.79 Å². The zero-order valence-electron chi connectivity index (χ0n) is 12.0. The third-order valence-corrected chi connectivity index (χ3v) is 4.29. The molecule has 0 amide bonds. The molecule has 20 heavy (non-hydrogen) atoms. The van der Waals surface area contributed by atoms with E-state index in [1.807, 2.05) is 6.07 Å². The number of benzene rings is 1. The van der Waals surface area contributed by atoms with Crippen LogP contribution in [0.4, 0.5) is 0 Å². The third kappa shape index (κ3) is 3.12. The Hall–Kier alpha value is -1.57. The molecule has 0 radical (unpaired) electrons. The summed E-state index contributed by atoms with van der Waals surface area (Å²) in [6.07, 6.45) is 10.4. The summed E-state index contributed by atoms with van der Waals surface area (Å²) in [5.41, 5.74) is 3.63. The van der Waals surface area contributed by atoms with Crippen LogP contribution >= 0.6 is 0 Å². The fourth-order valence-electron chi connectivity index (χ4n) is 3.08. The number of hydrogen-bond donors (Lipinski definition) is 0. The lowest BCUT2D eigenvalue weighted by Crippen LogP contribution is -2.04. The highest BCUT2D eigenvalue weighted by molar-refractivity contribution is 5.95. The summed E-state index contributed by atoms with van der Waals surface area (Å²) in [4.78, 5) is 12.3. The number of aryl methyl sites for hydroxylation is 1. The predicted molar refractivity (Wildman–Crippen MR) is 80.1 cm³/mol. The molecule has 1 heterocycles. The van der Waals surface area contributed by atoms with Gasteiger partial charge in [0.1, 0.15) is 5.75 Å². The van der Waals surface area contributed by atoms with E-state index in [1.165, 1.54) is 30.4 Å². The highest BCUT2D eigenvalue weighted by Crippen LogP contribution is 2.26. The van der Waals surface area contributed by atoms with Gasteiger partial charge in [-0.2, -0.15) is 0 Å². The lowest BCUT2D eigenvalue weighted by Gasteiger charge is -2.06. The van der Waals surface area contributed by atoms with E-state index < -0.39 is 0 Å². The monoisotopic (exact) mass is 270 g/mol. The number of rotatable bonds is 4. The van der Waals surface area contributed by atoms with Gasteiger partial charge in [0.15, 0.2) is 5.78 Å². The quantitative estimate of drug-likeness (QED) is 0.826. The van der Waals surface area contributed by atoms with E-state index in [9.17, 15) is 4.79 Å². The van der Waals surface area contributed by atoms with Crippen molar-refractivity contribution in [1.82, 2.24) is 0 Å². The SMILES string of the molecule is O=C(CCc1ccc2c(c1)CCO2)C1=CCCCCC1. The van der Waals surface area contributed by atoms with Crippen LogP contribution in [-0.4, -0.2) is 12.4 Å². The summed E-state index contributed by atoms with van der Waals surface area (Å²) in [5.74, 6) is 1.37. The molecule has 106 valence electrons. The Labute approximate surface area is 120 Å². The van der Waals surface area contributed by atoms with Crippen molar-refractivity contribution in [2.24, 2.45) is 0 Å². The molecule has 0 saturated heterocycles. The maximum Gasteiger partial charge on any atom is 0.158 e. The fraction of sp³-hybridized carbons (Fsp3) is 0.500. The molecule has 0 unspecified atom stereocenters. The molecule has 0 atom stereocenters. The van der Waals surface area contributed by atoms with Crippen LogP contribution < -0.4 is 4.74 Å². The first-order valence-electron chi connectivity index (χ1n) is 7.80. The normalized spacial score (nSPS) is 17.9. The van der Waals surface area contributed by atoms with Gasteiger partial charge in [0.25, 0.3) is 0 Å². The first kappa shape index (κ1) is 13.4. The Bertz CT molecular complexity index is 528. The first-order chi connectivity index (χ1) is 9.83. The number of carbonyl (C=O) groups excluding carboxylic acids is 1. The number of Topliss-reactive ketones (excluding diaryl/α,β-unsaturated/α-hetero) is 1. The average Bonchev–Trinajstić information content (AvgIpc) is 2.76. The minimum absolute atomic E-state index is 0.351. The lowest BCUT2D eigenvalue weighted by molar-refractivity contribution is -0.115. The van der Waals surface area contributed by atoms with Crippen molar-refractivity contribution in [1.29, 1.82) is 0 Å². The van der Waals surface area contributed by atoms with Gasteiger partial charge in [0.05, 0.1) is 6.61 Å². The van der Waals surface area contributed by atoms with Gasteiger partial charge < -0.3 is 4.74 Å². The van der Waals surface area contributed by atoms with Crippen molar-refractivity contribution < 1.29 is 9.53 Å². The number of ketones is 1. The van der Waals surface area contributed by atoms with E-state index in [0.29, 0.717) is 12.2 Å². The van der Waals surface area contributed by atoms with Gasteiger partial charge in [-0.1, -0.05) is 24.6 Å². The second-order valence-electron chi connectivity index (χ2n) is 5.79. The molecule has 0 aromatic heterocycles. The van der Waals surface area contributed by atoms with Crippen molar-refractivity contribution >= 4 is 5.78 Å². The topological polar surface area (TPSA) is 26.3 Å². The van der Waals surface area contributed by atoms with Crippen molar-refractivity contribution in [2.75, 3.05) is 6.61 Å². The Kier molecular flexibility index (Phi) is 4.19. The van der Waals surface area contributed by atoms with E-state index in [0.717, 1.165) is 43.6 Å². The van der Waals surface area contributed by atoms with Crippen LogP contribution in [0.25, 0.3) is 0 Å². The molecule has 2 nitrogen and oxygen atoms in total. The van der Waals surface area contributed by atoms with Crippen molar-refractivity contribution in [3.8, 4) is 5.75 Å². The molecule has 2 aliphatic rings. The molecule has 0 N–H and O–H groups in total. The van der Waals surface area contributed by atoms with E-state index in [4.69, 9.17) is 4.74 Å². The van der Waals surface area contributed by atoms with E-state index in [-0.39, 0.29) is 0 Å². The molecule has 1 aromatic carbocycles. The van der Waals surface area contributed by atoms with E-state index >= 15 is 0 Å². The number of fused-ring (bicyclic) bond motifs is 1. The molecule has 1 aromatic rings. The summed E-state index contributed by atoms with van der Waals surface area (Å²) in [5, 5.41) is 0. The average molecular weight is 270 g/mol. The minimum atomic E-state index is 0.351. The lowest BCUT2D eigenvalue weighted by atomic mass is 9.98. The standard InChI is InChI=1S/C18H22O2/c19-17(15-5-3-1-2-4-6-15)9-7-14-8-10-18-16(13-14)11-12-20-18/h5,8,10,13H,1-4,6-7,9,11-12H2.